The van der Waals surface area contributed by atoms with Gasteiger partial charge in [-0.25, -0.2) is 14.3 Å². The minimum Gasteiger partial charge on any atom is -0.350 e. The average Bonchev–Trinajstić information content (AvgIpc) is 3.53. The van der Waals surface area contributed by atoms with Crippen molar-refractivity contribution in [2.75, 3.05) is 20.7 Å². The number of nitrogens with zero attached hydrogens (tertiary/aromatic N) is 2. The van der Waals surface area contributed by atoms with E-state index in [0.29, 0.717) is 12.2 Å². The summed E-state index contributed by atoms with van der Waals surface area (Å²) in [5, 5.41) is 0. The van der Waals surface area contributed by atoms with Gasteiger partial charge in [-0.2, -0.15) is 8.42 Å². The number of amides is 1. The van der Waals surface area contributed by atoms with Gasteiger partial charge in [0.15, 0.2) is 6.29 Å². The van der Waals surface area contributed by atoms with Crippen LogP contribution >= 0.6 is 11.3 Å². The summed E-state index contributed by atoms with van der Waals surface area (Å²) in [6.07, 6.45) is 8.05. The van der Waals surface area contributed by atoms with E-state index in [4.69, 9.17) is 9.57 Å². The first-order valence-electron chi connectivity index (χ1n) is 11.3. The topological polar surface area (TPSA) is 89.9 Å². The standard InChI is InChI=1S/C25H29N3O5S2/c1-27(2)17-20-6-5-7-21(16-20)22-10-12-25(34-22)35(30,31)28-14-13-19(18-28)9-11-23(29)26-33-24-8-3-4-15-32-24/h5-7,9-14,16,18,24H,3-4,8,15,17H2,1-2H3,(H,26,29)/b11-9+. The van der Waals surface area contributed by atoms with Crippen LogP contribution in [0.2, 0.25) is 0 Å². The van der Waals surface area contributed by atoms with Crippen LogP contribution in [-0.4, -0.2) is 50.2 Å². The van der Waals surface area contributed by atoms with Gasteiger partial charge >= 0.3 is 0 Å². The van der Waals surface area contributed by atoms with Gasteiger partial charge in [-0.05, 0) is 74.0 Å². The molecule has 3 heterocycles. The molecule has 1 atom stereocenters. The van der Waals surface area contributed by atoms with E-state index in [2.05, 4.69) is 22.5 Å². The Hall–Kier alpha value is -2.76. The van der Waals surface area contributed by atoms with Gasteiger partial charge in [0.2, 0.25) is 0 Å². The molecule has 2 aromatic heterocycles. The van der Waals surface area contributed by atoms with Gasteiger partial charge in [-0.15, -0.1) is 11.3 Å². The Labute approximate surface area is 209 Å². The number of hydrogen-bond donors (Lipinski definition) is 1. The predicted molar refractivity (Wildman–Crippen MR) is 136 cm³/mol. The minimum atomic E-state index is -3.75. The molecule has 0 aliphatic carbocycles. The van der Waals surface area contributed by atoms with Gasteiger partial charge in [0.25, 0.3) is 15.9 Å². The minimum absolute atomic E-state index is 0.246. The predicted octanol–water partition coefficient (Wildman–Crippen LogP) is 4.10. The molecule has 4 rings (SSSR count). The van der Waals surface area contributed by atoms with Crippen LogP contribution in [0.1, 0.15) is 30.4 Å². The average molecular weight is 516 g/mol. The molecule has 1 amide bonds. The molecular weight excluding hydrogens is 486 g/mol. The third kappa shape index (κ3) is 6.68. The van der Waals surface area contributed by atoms with Crippen molar-refractivity contribution < 1.29 is 22.8 Å². The van der Waals surface area contributed by atoms with E-state index in [1.807, 2.05) is 32.3 Å². The molecule has 0 bridgehead atoms. The smallest absolute Gasteiger partial charge is 0.277 e. The SMILES string of the molecule is CN(C)Cc1cccc(-c2ccc(S(=O)(=O)n3ccc(/C=C/C(=O)NOC4CCCCO4)c3)s2)c1. The largest absolute Gasteiger partial charge is 0.350 e. The zero-order valence-corrected chi connectivity index (χ0v) is 21.3. The Morgan fingerprint density at radius 3 is 2.89 bits per heavy atom. The van der Waals surface area contributed by atoms with Gasteiger partial charge in [0.1, 0.15) is 4.21 Å². The maximum atomic E-state index is 13.1. The first-order chi connectivity index (χ1) is 16.8. The quantitative estimate of drug-likeness (QED) is 0.341. The highest BCUT2D eigenvalue weighted by Crippen LogP contribution is 2.32. The second kappa shape index (κ2) is 11.3. The van der Waals surface area contributed by atoms with Gasteiger partial charge in [0, 0.05) is 42.9 Å². The van der Waals surface area contributed by atoms with Crippen LogP contribution in [-0.2, 0) is 30.9 Å². The van der Waals surface area contributed by atoms with Crippen molar-refractivity contribution in [3.63, 3.8) is 0 Å². The number of rotatable bonds is 9. The molecular formula is C25H29N3O5S2. The second-order valence-electron chi connectivity index (χ2n) is 8.55. The Morgan fingerprint density at radius 1 is 1.26 bits per heavy atom. The molecule has 1 N–H and O–H groups in total. The van der Waals surface area contributed by atoms with Crippen LogP contribution in [0, 0.1) is 0 Å². The van der Waals surface area contributed by atoms with Crippen LogP contribution < -0.4 is 5.48 Å². The summed E-state index contributed by atoms with van der Waals surface area (Å²) in [5.74, 6) is -0.450. The Balaban J connectivity index is 1.41. The van der Waals surface area contributed by atoms with E-state index in [0.717, 1.165) is 45.8 Å². The van der Waals surface area contributed by atoms with Crippen molar-refractivity contribution in [1.29, 1.82) is 0 Å². The molecule has 186 valence electrons. The number of thiophene rings is 1. The van der Waals surface area contributed by atoms with E-state index < -0.39 is 22.2 Å². The lowest BCUT2D eigenvalue weighted by Crippen LogP contribution is -2.32. The van der Waals surface area contributed by atoms with Gasteiger partial charge < -0.3 is 9.64 Å². The summed E-state index contributed by atoms with van der Waals surface area (Å²) in [5.41, 5.74) is 5.06. The number of hydroxylamine groups is 1. The van der Waals surface area contributed by atoms with E-state index in [9.17, 15) is 13.2 Å². The van der Waals surface area contributed by atoms with E-state index >= 15 is 0 Å². The summed E-state index contributed by atoms with van der Waals surface area (Å²) in [7, 11) is 0.273. The molecule has 1 aliphatic rings. The van der Waals surface area contributed by atoms with Crippen molar-refractivity contribution in [3.05, 3.63) is 72.1 Å². The number of hydrogen-bond acceptors (Lipinski definition) is 7. The summed E-state index contributed by atoms with van der Waals surface area (Å²) < 4.78 is 33.1. The lowest BCUT2D eigenvalue weighted by molar-refractivity contribution is -0.198. The molecule has 0 spiro atoms. The number of benzene rings is 1. The highest BCUT2D eigenvalue weighted by Gasteiger charge is 2.20. The third-order valence-electron chi connectivity index (χ3n) is 5.37. The van der Waals surface area contributed by atoms with Gasteiger partial charge in [0.05, 0.1) is 0 Å². The van der Waals surface area contributed by atoms with Crippen LogP contribution in [0.25, 0.3) is 16.5 Å². The lowest BCUT2D eigenvalue weighted by Gasteiger charge is -2.21. The van der Waals surface area contributed by atoms with Gasteiger partial charge in [-0.1, -0.05) is 18.2 Å². The fourth-order valence-corrected chi connectivity index (χ4v) is 6.29. The summed E-state index contributed by atoms with van der Waals surface area (Å²) in [4.78, 5) is 20.2. The molecule has 35 heavy (non-hydrogen) atoms. The number of aromatic nitrogens is 1. The third-order valence-corrected chi connectivity index (χ3v) is 8.61. The van der Waals surface area contributed by atoms with Crippen LogP contribution in [0.15, 0.2) is 65.1 Å². The number of carbonyl (C=O) groups excluding carboxylic acids is 1. The molecule has 1 aromatic carbocycles. The Bertz CT molecular complexity index is 1290. The summed E-state index contributed by atoms with van der Waals surface area (Å²) >= 11 is 1.23. The summed E-state index contributed by atoms with van der Waals surface area (Å²) in [6.45, 7) is 1.43. The fraction of sp³-hybridized carbons (Fsp3) is 0.320. The number of nitrogens with one attached hydrogen (secondary N) is 1. The van der Waals surface area contributed by atoms with Crippen LogP contribution in [0.3, 0.4) is 0 Å². The second-order valence-corrected chi connectivity index (χ2v) is 11.7. The number of carbonyl (C=O) groups is 1. The van der Waals surface area contributed by atoms with E-state index in [-0.39, 0.29) is 4.21 Å². The molecule has 1 aliphatic heterocycles. The van der Waals surface area contributed by atoms with Crippen molar-refractivity contribution in [2.24, 2.45) is 0 Å². The van der Waals surface area contributed by atoms with Crippen LogP contribution in [0.5, 0.6) is 0 Å². The van der Waals surface area contributed by atoms with Crippen molar-refractivity contribution in [2.45, 2.75) is 36.3 Å². The first kappa shape index (κ1) is 25.3. The monoisotopic (exact) mass is 515 g/mol. The fourth-order valence-electron chi connectivity index (χ4n) is 3.68. The lowest BCUT2D eigenvalue weighted by atomic mass is 10.1. The zero-order valence-electron chi connectivity index (χ0n) is 19.7. The molecule has 3 aromatic rings. The summed E-state index contributed by atoms with van der Waals surface area (Å²) in [6, 6.07) is 13.2. The molecule has 8 nitrogen and oxygen atoms in total. The normalized spacial score (nSPS) is 16.7. The molecule has 1 saturated heterocycles. The highest BCUT2D eigenvalue weighted by molar-refractivity contribution is 7.92. The number of ether oxygens (including phenoxy) is 1. The first-order valence-corrected chi connectivity index (χ1v) is 13.6. The molecule has 1 fully saturated rings. The Kier molecular flexibility index (Phi) is 8.19. The maximum absolute atomic E-state index is 13.1. The van der Waals surface area contributed by atoms with Gasteiger partial charge in [-0.3, -0.25) is 4.79 Å². The van der Waals surface area contributed by atoms with E-state index in [1.165, 1.54) is 35.9 Å². The molecule has 0 saturated carbocycles. The molecule has 10 heteroatoms. The van der Waals surface area contributed by atoms with E-state index in [1.54, 1.807) is 12.1 Å². The van der Waals surface area contributed by atoms with Crippen LogP contribution in [0.4, 0.5) is 0 Å². The van der Waals surface area contributed by atoms with Crippen molar-refractivity contribution in [1.82, 2.24) is 14.4 Å². The Morgan fingerprint density at radius 2 is 2.11 bits per heavy atom. The molecule has 0 radical (unpaired) electrons. The highest BCUT2D eigenvalue weighted by atomic mass is 32.2. The molecule has 1 unspecified atom stereocenters. The van der Waals surface area contributed by atoms with Crippen molar-refractivity contribution >= 4 is 33.3 Å². The van der Waals surface area contributed by atoms with Crippen molar-refractivity contribution in [3.8, 4) is 10.4 Å². The maximum Gasteiger partial charge on any atom is 0.277 e. The zero-order chi connectivity index (χ0) is 24.8.